The van der Waals surface area contributed by atoms with Gasteiger partial charge in [0.25, 0.3) is 11.2 Å². The Labute approximate surface area is 237 Å². The third-order valence-corrected chi connectivity index (χ3v) is 8.26. The molecule has 0 aliphatic carbocycles. The number of benzene rings is 2. The molecule has 4 aromatic rings. The summed E-state index contributed by atoms with van der Waals surface area (Å²) < 4.78 is 13.3. The molecule has 0 saturated carbocycles. The van der Waals surface area contributed by atoms with Crippen LogP contribution in [0.2, 0.25) is 0 Å². The van der Waals surface area contributed by atoms with Crippen LogP contribution in [0.5, 0.6) is 0 Å². The third kappa shape index (κ3) is 5.05. The number of thiazole rings is 1. The lowest BCUT2D eigenvalue weighted by atomic mass is 9.96. The van der Waals surface area contributed by atoms with Crippen LogP contribution in [0.4, 0.5) is 5.69 Å². The number of esters is 1. The molecule has 2 aromatic carbocycles. The van der Waals surface area contributed by atoms with Crippen molar-refractivity contribution < 1.29 is 18.9 Å². The lowest BCUT2D eigenvalue weighted by Gasteiger charge is -2.24. The molecule has 1 aliphatic rings. The number of nitro benzene ring substituents is 1. The molecule has 40 heavy (non-hydrogen) atoms. The maximum absolute atomic E-state index is 13.8. The second kappa shape index (κ2) is 11.1. The number of furan rings is 1. The van der Waals surface area contributed by atoms with Crippen molar-refractivity contribution in [1.29, 1.82) is 0 Å². The van der Waals surface area contributed by atoms with E-state index in [1.807, 2.05) is 30.5 Å². The highest BCUT2D eigenvalue weighted by Gasteiger charge is 2.33. The van der Waals surface area contributed by atoms with Crippen LogP contribution in [0.25, 0.3) is 17.4 Å². The first kappa shape index (κ1) is 27.4. The van der Waals surface area contributed by atoms with Gasteiger partial charge in [0, 0.05) is 28.7 Å². The Bertz CT molecular complexity index is 1850. The van der Waals surface area contributed by atoms with Crippen molar-refractivity contribution in [2.24, 2.45) is 4.99 Å². The zero-order valence-electron chi connectivity index (χ0n) is 22.2. The zero-order chi connectivity index (χ0) is 28.6. The summed E-state index contributed by atoms with van der Waals surface area (Å²) in [6.07, 6.45) is 3.63. The van der Waals surface area contributed by atoms with Crippen LogP contribution in [-0.4, -0.2) is 28.3 Å². The predicted molar refractivity (Wildman–Crippen MR) is 154 cm³/mol. The van der Waals surface area contributed by atoms with Gasteiger partial charge in [-0.3, -0.25) is 19.5 Å². The van der Waals surface area contributed by atoms with Gasteiger partial charge in [-0.1, -0.05) is 23.5 Å². The fourth-order valence-electron chi connectivity index (χ4n) is 4.64. The molecule has 3 heterocycles. The van der Waals surface area contributed by atoms with Crippen molar-refractivity contribution in [3.05, 3.63) is 113 Å². The Kier molecular flexibility index (Phi) is 7.59. The molecule has 11 heteroatoms. The van der Waals surface area contributed by atoms with Gasteiger partial charge in [0.2, 0.25) is 0 Å². The van der Waals surface area contributed by atoms with Gasteiger partial charge in [0.1, 0.15) is 11.5 Å². The molecule has 5 rings (SSSR count). The maximum Gasteiger partial charge on any atom is 0.338 e. The lowest BCUT2D eigenvalue weighted by Crippen LogP contribution is -2.39. The van der Waals surface area contributed by atoms with E-state index in [0.29, 0.717) is 37.7 Å². The number of nitro groups is 1. The first-order chi connectivity index (χ1) is 19.2. The number of hydrogen-bond acceptors (Lipinski definition) is 9. The average Bonchev–Trinajstić information content (AvgIpc) is 3.52. The number of fused-ring (bicyclic) bond motifs is 1. The van der Waals surface area contributed by atoms with Gasteiger partial charge < -0.3 is 9.15 Å². The largest absolute Gasteiger partial charge is 0.463 e. The van der Waals surface area contributed by atoms with E-state index in [1.54, 1.807) is 56.8 Å². The highest BCUT2D eigenvalue weighted by molar-refractivity contribution is 7.98. The smallest absolute Gasteiger partial charge is 0.338 e. The second-order valence-corrected chi connectivity index (χ2v) is 10.9. The quantitative estimate of drug-likeness (QED) is 0.132. The average molecular weight is 576 g/mol. The molecule has 204 valence electrons. The van der Waals surface area contributed by atoms with Crippen molar-refractivity contribution in [3.63, 3.8) is 0 Å². The molecule has 0 unspecified atom stereocenters. The van der Waals surface area contributed by atoms with Crippen molar-refractivity contribution in [1.82, 2.24) is 4.57 Å². The molecule has 9 nitrogen and oxygen atoms in total. The SMILES string of the molecule is CCOC(=O)C1=C(C)N=c2s/c(=C\c3ccc(-c4ccc([N+](=O)[O-])cc4C)o3)c(=O)n2[C@@H]1c1ccc(SC)cc1. The molecule has 0 N–H and O–H groups in total. The number of non-ortho nitro benzene ring substituents is 1. The summed E-state index contributed by atoms with van der Waals surface area (Å²) in [5.41, 5.74) is 2.72. The topological polar surface area (TPSA) is 117 Å². The van der Waals surface area contributed by atoms with E-state index in [2.05, 4.69) is 4.99 Å². The molecular formula is C29H25N3O6S2. The van der Waals surface area contributed by atoms with Gasteiger partial charge in [-0.25, -0.2) is 9.79 Å². The Morgan fingerprint density at radius 3 is 2.60 bits per heavy atom. The molecule has 0 spiro atoms. The predicted octanol–water partition coefficient (Wildman–Crippen LogP) is 5.00. The highest BCUT2D eigenvalue weighted by atomic mass is 32.2. The van der Waals surface area contributed by atoms with Crippen LogP contribution in [0.3, 0.4) is 0 Å². The van der Waals surface area contributed by atoms with E-state index in [9.17, 15) is 19.7 Å². The summed E-state index contributed by atoms with van der Waals surface area (Å²) in [6.45, 7) is 5.46. The number of nitrogens with zero attached hydrogens (tertiary/aromatic N) is 3. The molecule has 0 radical (unpaired) electrons. The normalized spacial score (nSPS) is 15.1. The number of thioether (sulfide) groups is 1. The highest BCUT2D eigenvalue weighted by Crippen LogP contribution is 2.32. The minimum Gasteiger partial charge on any atom is -0.463 e. The van der Waals surface area contributed by atoms with Crippen LogP contribution in [0.1, 0.15) is 36.8 Å². The number of ether oxygens (including phenoxy) is 1. The van der Waals surface area contributed by atoms with Crippen molar-refractivity contribution in [2.75, 3.05) is 12.9 Å². The number of allylic oxidation sites excluding steroid dienone is 1. The van der Waals surface area contributed by atoms with Crippen LogP contribution in [0, 0.1) is 17.0 Å². The van der Waals surface area contributed by atoms with Gasteiger partial charge in [-0.05, 0) is 68.5 Å². The van der Waals surface area contributed by atoms with Crippen molar-refractivity contribution in [3.8, 4) is 11.3 Å². The van der Waals surface area contributed by atoms with Crippen LogP contribution in [0.15, 0.2) is 85.0 Å². The Hall–Kier alpha value is -4.22. The number of aromatic nitrogens is 1. The lowest BCUT2D eigenvalue weighted by molar-refractivity contribution is -0.384. The molecular weight excluding hydrogens is 550 g/mol. The summed E-state index contributed by atoms with van der Waals surface area (Å²) in [6, 6.07) is 15.1. The van der Waals surface area contributed by atoms with Crippen LogP contribution < -0.4 is 14.9 Å². The summed E-state index contributed by atoms with van der Waals surface area (Å²) in [5.74, 6) is 0.463. The Balaban J connectivity index is 1.60. The first-order valence-corrected chi connectivity index (χ1v) is 14.4. The third-order valence-electron chi connectivity index (χ3n) is 6.53. The maximum atomic E-state index is 13.8. The fourth-order valence-corrected chi connectivity index (χ4v) is 6.07. The molecule has 0 amide bonds. The van der Waals surface area contributed by atoms with Crippen molar-refractivity contribution in [2.45, 2.75) is 31.7 Å². The van der Waals surface area contributed by atoms with Gasteiger partial charge in [-0.2, -0.15) is 0 Å². The Morgan fingerprint density at radius 1 is 1.20 bits per heavy atom. The monoisotopic (exact) mass is 575 g/mol. The van der Waals surface area contributed by atoms with Gasteiger partial charge in [0.15, 0.2) is 4.80 Å². The van der Waals surface area contributed by atoms with Crippen molar-refractivity contribution >= 4 is 40.8 Å². The molecule has 2 aromatic heterocycles. The summed E-state index contributed by atoms with van der Waals surface area (Å²) in [5, 5.41) is 11.1. The molecule has 0 saturated heterocycles. The van der Waals surface area contributed by atoms with E-state index >= 15 is 0 Å². The first-order valence-electron chi connectivity index (χ1n) is 12.4. The van der Waals surface area contributed by atoms with Crippen LogP contribution in [-0.2, 0) is 9.53 Å². The zero-order valence-corrected chi connectivity index (χ0v) is 23.8. The van der Waals surface area contributed by atoms with E-state index in [4.69, 9.17) is 9.15 Å². The van der Waals surface area contributed by atoms with Crippen LogP contribution >= 0.6 is 23.1 Å². The Morgan fingerprint density at radius 2 is 1.95 bits per heavy atom. The van der Waals surface area contributed by atoms with Gasteiger partial charge in [0.05, 0.1) is 33.4 Å². The van der Waals surface area contributed by atoms with E-state index < -0.39 is 16.9 Å². The molecule has 1 aliphatic heterocycles. The number of carbonyl (C=O) groups is 1. The van der Waals surface area contributed by atoms with Gasteiger partial charge >= 0.3 is 5.97 Å². The summed E-state index contributed by atoms with van der Waals surface area (Å²) in [4.78, 5) is 43.6. The number of rotatable bonds is 7. The number of hydrogen-bond donors (Lipinski definition) is 0. The van der Waals surface area contributed by atoms with E-state index in [1.165, 1.54) is 28.0 Å². The molecule has 0 bridgehead atoms. The molecule has 1 atom stereocenters. The minimum atomic E-state index is -0.691. The number of aryl methyl sites for hydroxylation is 1. The van der Waals surface area contributed by atoms with Gasteiger partial charge in [-0.15, -0.1) is 11.8 Å². The minimum absolute atomic E-state index is 0.00395. The standard InChI is InChI=1S/C29H25N3O6S2/c1-5-37-28(34)25-17(3)30-29-31(26(25)18-6-10-21(39-4)11-7-18)27(33)24(40-29)15-20-9-13-23(38-20)22-12-8-19(32(35)36)14-16(22)2/h6-15,26H,5H2,1-4H3/b24-15-/t26-/m1/s1. The number of carbonyl (C=O) groups excluding carboxylic acids is 1. The molecule has 0 fully saturated rings. The van der Waals surface area contributed by atoms with E-state index in [-0.39, 0.29) is 17.9 Å². The summed E-state index contributed by atoms with van der Waals surface area (Å²) in [7, 11) is 0. The fraction of sp³-hybridized carbons (Fsp3) is 0.207. The van der Waals surface area contributed by atoms with E-state index in [0.717, 1.165) is 16.0 Å². The second-order valence-electron chi connectivity index (χ2n) is 9.03. The summed E-state index contributed by atoms with van der Waals surface area (Å²) >= 11 is 2.81.